The maximum Gasteiger partial charge on any atom is 0.196 e. The molecule has 0 heterocycles. The number of ether oxygens (including phenoxy) is 2. The number of hydrogen-bond donors (Lipinski definition) is 0. The third-order valence-electron chi connectivity index (χ3n) is 1.82. The van der Waals surface area contributed by atoms with Crippen LogP contribution >= 0.6 is 0 Å². The molecule has 0 bridgehead atoms. The highest BCUT2D eigenvalue weighted by atomic mass is 16.7. The molecule has 1 radical (unpaired) electrons. The second-order valence-electron chi connectivity index (χ2n) is 3.16. The molecule has 0 saturated carbocycles. The summed E-state index contributed by atoms with van der Waals surface area (Å²) in [7, 11) is 0. The first-order valence-corrected chi connectivity index (χ1v) is 4.93. The molecule has 0 saturated heterocycles. The zero-order valence-electron chi connectivity index (χ0n) is 8.82. The van der Waals surface area contributed by atoms with Crippen molar-refractivity contribution in [2.24, 2.45) is 0 Å². The van der Waals surface area contributed by atoms with Gasteiger partial charge in [-0.15, -0.1) is 0 Å². The molecule has 1 aromatic rings. The first-order valence-electron chi connectivity index (χ1n) is 4.93. The molecular weight excluding hydrogens is 176 g/mol. The van der Waals surface area contributed by atoms with Crippen LogP contribution in [0.1, 0.15) is 25.8 Å². The fourth-order valence-electron chi connectivity index (χ4n) is 1.12. The summed E-state index contributed by atoms with van der Waals surface area (Å²) >= 11 is 0. The largest absolute Gasteiger partial charge is 0.465 e. The Bertz CT molecular complexity index is 271. The van der Waals surface area contributed by atoms with E-state index in [1.165, 1.54) is 0 Å². The minimum Gasteiger partial charge on any atom is -0.465 e. The lowest BCUT2D eigenvalue weighted by Gasteiger charge is -2.16. The Morgan fingerprint density at radius 1 is 1.36 bits per heavy atom. The number of hydrogen-bond acceptors (Lipinski definition) is 2. The highest BCUT2D eigenvalue weighted by Gasteiger charge is 2.04. The summed E-state index contributed by atoms with van der Waals surface area (Å²) in [6, 6.07) is 7.68. The van der Waals surface area contributed by atoms with Crippen LogP contribution in [0.4, 0.5) is 0 Å². The standard InChI is InChI=1S/C12H17O2/c1-4-9-13-11(3)14-12-8-6-5-7-10(12)2/h5-8,11H,2,4,9H2,1,3H3. The van der Waals surface area contributed by atoms with Gasteiger partial charge in [0.25, 0.3) is 0 Å². The number of benzene rings is 1. The van der Waals surface area contributed by atoms with Gasteiger partial charge in [-0.1, -0.05) is 25.1 Å². The molecular formula is C12H17O2. The van der Waals surface area contributed by atoms with Crippen molar-refractivity contribution in [2.75, 3.05) is 6.61 Å². The Morgan fingerprint density at radius 3 is 2.71 bits per heavy atom. The van der Waals surface area contributed by atoms with Crippen LogP contribution in [-0.2, 0) is 4.74 Å². The van der Waals surface area contributed by atoms with E-state index in [4.69, 9.17) is 9.47 Å². The molecule has 1 rings (SSSR count). The molecule has 0 aromatic heterocycles. The lowest BCUT2D eigenvalue weighted by Crippen LogP contribution is -2.17. The summed E-state index contributed by atoms with van der Waals surface area (Å²) < 4.78 is 11.0. The Kier molecular flexibility index (Phi) is 4.47. The van der Waals surface area contributed by atoms with Gasteiger partial charge in [-0.05, 0) is 31.9 Å². The summed E-state index contributed by atoms with van der Waals surface area (Å²) in [5, 5.41) is 0. The average Bonchev–Trinajstić information content (AvgIpc) is 2.18. The molecule has 0 aliphatic heterocycles. The van der Waals surface area contributed by atoms with Gasteiger partial charge in [-0.2, -0.15) is 0 Å². The van der Waals surface area contributed by atoms with Gasteiger partial charge in [-0.25, -0.2) is 0 Å². The predicted molar refractivity (Wildman–Crippen MR) is 57.2 cm³/mol. The molecule has 77 valence electrons. The van der Waals surface area contributed by atoms with Gasteiger partial charge in [0.1, 0.15) is 5.75 Å². The van der Waals surface area contributed by atoms with E-state index in [9.17, 15) is 0 Å². The van der Waals surface area contributed by atoms with Crippen LogP contribution in [0.5, 0.6) is 5.75 Å². The van der Waals surface area contributed by atoms with Crippen LogP contribution in [0.15, 0.2) is 24.3 Å². The maximum atomic E-state index is 5.56. The molecule has 1 aromatic carbocycles. The first kappa shape index (κ1) is 11.1. The van der Waals surface area contributed by atoms with Gasteiger partial charge in [0.05, 0.1) is 6.61 Å². The van der Waals surface area contributed by atoms with Crippen LogP contribution in [0.2, 0.25) is 0 Å². The molecule has 0 aliphatic carbocycles. The van der Waals surface area contributed by atoms with Crippen molar-refractivity contribution in [3.63, 3.8) is 0 Å². The van der Waals surface area contributed by atoms with Gasteiger partial charge in [0.15, 0.2) is 6.29 Å². The second-order valence-corrected chi connectivity index (χ2v) is 3.16. The van der Waals surface area contributed by atoms with Crippen LogP contribution in [-0.4, -0.2) is 12.9 Å². The Labute approximate surface area is 85.8 Å². The number of rotatable bonds is 5. The van der Waals surface area contributed by atoms with Gasteiger partial charge < -0.3 is 9.47 Å². The van der Waals surface area contributed by atoms with Crippen molar-refractivity contribution in [2.45, 2.75) is 26.6 Å². The molecule has 1 unspecified atom stereocenters. The fourth-order valence-corrected chi connectivity index (χ4v) is 1.12. The lowest BCUT2D eigenvalue weighted by atomic mass is 10.2. The minimum absolute atomic E-state index is 0.210. The monoisotopic (exact) mass is 193 g/mol. The smallest absolute Gasteiger partial charge is 0.196 e. The first-order chi connectivity index (χ1) is 6.74. The van der Waals surface area contributed by atoms with E-state index in [0.29, 0.717) is 0 Å². The fraction of sp³-hybridized carbons (Fsp3) is 0.417. The third-order valence-corrected chi connectivity index (χ3v) is 1.82. The van der Waals surface area contributed by atoms with Crippen LogP contribution < -0.4 is 4.74 Å². The minimum atomic E-state index is -0.210. The number of para-hydroxylation sites is 1. The van der Waals surface area contributed by atoms with E-state index in [2.05, 4.69) is 13.8 Å². The van der Waals surface area contributed by atoms with Gasteiger partial charge in [0, 0.05) is 0 Å². The Hall–Kier alpha value is -1.02. The molecule has 0 N–H and O–H groups in total. The van der Waals surface area contributed by atoms with Gasteiger partial charge in [-0.3, -0.25) is 0 Å². The molecule has 2 heteroatoms. The summed E-state index contributed by atoms with van der Waals surface area (Å²) in [6.45, 7) is 8.56. The van der Waals surface area contributed by atoms with Crippen molar-refractivity contribution >= 4 is 0 Å². The van der Waals surface area contributed by atoms with E-state index in [1.807, 2.05) is 31.2 Å². The summed E-state index contributed by atoms with van der Waals surface area (Å²) in [5.74, 6) is 0.788. The molecule has 0 fully saturated rings. The van der Waals surface area contributed by atoms with E-state index in [-0.39, 0.29) is 6.29 Å². The van der Waals surface area contributed by atoms with E-state index in [1.54, 1.807) is 0 Å². The highest BCUT2D eigenvalue weighted by Crippen LogP contribution is 2.17. The second kappa shape index (κ2) is 5.66. The molecule has 0 aliphatic rings. The molecule has 0 spiro atoms. The van der Waals surface area contributed by atoms with Crippen molar-refractivity contribution < 1.29 is 9.47 Å². The zero-order chi connectivity index (χ0) is 10.4. The van der Waals surface area contributed by atoms with E-state index < -0.39 is 0 Å². The van der Waals surface area contributed by atoms with Crippen molar-refractivity contribution in [3.05, 3.63) is 36.8 Å². The van der Waals surface area contributed by atoms with E-state index in [0.717, 1.165) is 24.3 Å². The molecule has 0 amide bonds. The topological polar surface area (TPSA) is 18.5 Å². The SMILES string of the molecule is [CH2]c1ccccc1OC(C)OCCC. The molecule has 14 heavy (non-hydrogen) atoms. The van der Waals surface area contributed by atoms with E-state index >= 15 is 0 Å². The molecule has 1 atom stereocenters. The van der Waals surface area contributed by atoms with Crippen molar-refractivity contribution in [1.82, 2.24) is 0 Å². The molecule has 2 nitrogen and oxygen atoms in total. The van der Waals surface area contributed by atoms with Crippen LogP contribution in [0.3, 0.4) is 0 Å². The summed E-state index contributed by atoms with van der Waals surface area (Å²) in [4.78, 5) is 0. The zero-order valence-corrected chi connectivity index (χ0v) is 8.82. The summed E-state index contributed by atoms with van der Waals surface area (Å²) in [5.41, 5.74) is 0.888. The van der Waals surface area contributed by atoms with Gasteiger partial charge >= 0.3 is 0 Å². The van der Waals surface area contributed by atoms with Gasteiger partial charge in [0.2, 0.25) is 0 Å². The quantitative estimate of drug-likeness (QED) is 0.669. The Balaban J connectivity index is 2.47. The summed E-state index contributed by atoms with van der Waals surface area (Å²) in [6.07, 6.45) is 0.789. The lowest BCUT2D eigenvalue weighted by molar-refractivity contribution is -0.0664. The average molecular weight is 193 g/mol. The third kappa shape index (κ3) is 3.38. The maximum absolute atomic E-state index is 5.56. The predicted octanol–water partition coefficient (Wildman–Crippen LogP) is 3.02. The Morgan fingerprint density at radius 2 is 2.07 bits per heavy atom. The van der Waals surface area contributed by atoms with Crippen LogP contribution in [0, 0.1) is 6.92 Å². The normalized spacial score (nSPS) is 12.5. The highest BCUT2D eigenvalue weighted by molar-refractivity contribution is 5.35. The van der Waals surface area contributed by atoms with Crippen molar-refractivity contribution in [3.8, 4) is 5.75 Å². The van der Waals surface area contributed by atoms with Crippen molar-refractivity contribution in [1.29, 1.82) is 0 Å². The van der Waals surface area contributed by atoms with Crippen LogP contribution in [0.25, 0.3) is 0 Å².